The van der Waals surface area contributed by atoms with Crippen molar-refractivity contribution in [2.45, 2.75) is 414 Å². The average molecular weight is 1810 g/mol. The van der Waals surface area contributed by atoms with Crippen LogP contribution in [0.4, 0.5) is 13.2 Å². The second-order valence-corrected chi connectivity index (χ2v) is 54.6. The third kappa shape index (κ3) is 17.6. The van der Waals surface area contributed by atoms with Gasteiger partial charge in [0.1, 0.15) is 17.3 Å². The fourth-order valence-electron chi connectivity index (χ4n) is 39.8. The lowest BCUT2D eigenvalue weighted by Crippen LogP contribution is -2.47. The number of fused-ring (bicyclic) bond motifs is 24. The van der Waals surface area contributed by atoms with E-state index in [9.17, 15) is 62.3 Å². The predicted octanol–water partition coefficient (Wildman–Crippen LogP) is 27.6. The van der Waals surface area contributed by atoms with E-state index in [0.717, 1.165) is 273 Å². The summed E-state index contributed by atoms with van der Waals surface area (Å²) in [7, 11) is -5.59. The molecule has 0 aliphatic heterocycles. The number of halogens is 3. The summed E-state index contributed by atoms with van der Waals surface area (Å²) in [5.74, 6) is 28.7. The molecule has 0 saturated heterocycles. The summed E-state index contributed by atoms with van der Waals surface area (Å²) in [6, 6.07) is 7.64. The van der Waals surface area contributed by atoms with Gasteiger partial charge in [-0.2, -0.15) is 37.4 Å². The van der Waals surface area contributed by atoms with Gasteiger partial charge in [-0.3, -0.25) is 9.59 Å². The van der Waals surface area contributed by atoms with Gasteiger partial charge in [0, 0.05) is 51.1 Å². The van der Waals surface area contributed by atoms with Crippen LogP contribution < -0.4 is 0 Å². The SMILES string of the molecule is C[C@H]1CC[C@H]2C[C@@H]3[C@H](CC[C@]4(C)C(=O)CC[C@@H]34)C[C@@H]2C1.C[C@H]1CC[C@H]2C[C@@H]3[C@H](CC[C@]4(C)C(C#N)=CC[C@@H]34)C[C@@H]2C1.C[C@H]1CC[C@H]2C[C@@H]3[C@H](CC[C@]4(C)C(OS(=O)(=O)C(F)(F)F)=CC[C@@H]34)C[C@@H]2C1.C[C@]12CC[C@@H]3C[C@@H]4C[C@@H](O)CC[C@H]4C[C@H]3[C@@H]1CC=C2C#N.C[C@]12CC[C@@H]3C[C@@H]4C[C@@H](O)CC[C@H]4C[C@H]3[C@@H]1CCC2=O.C[C@]12CC[C@@H]3C[C@@H]4C[C@@H](O)CC[C@H]4C[C@H]3[C@@H]1CC[C@@H]2C#N. The molecule has 15 heteroatoms. The Hall–Kier alpha value is -3.55. The molecule has 24 aliphatic rings. The molecule has 24 rings (SSSR count). The fraction of sp³-hybridized carbons (Fsp3) is 0.904. The maximum absolute atomic E-state index is 12.8. The Morgan fingerprint density at radius 2 is 0.631 bits per heavy atom. The minimum atomic E-state index is -5.59. The van der Waals surface area contributed by atoms with Crippen LogP contribution in [0, 0.1) is 268 Å². The molecule has 3 N–H and O–H groups in total. The second kappa shape index (κ2) is 37.2. The largest absolute Gasteiger partial charge is 0.534 e. The van der Waals surface area contributed by atoms with Crippen LogP contribution in [0.15, 0.2) is 35.1 Å². The molecule has 24 aliphatic carbocycles. The van der Waals surface area contributed by atoms with Crippen molar-refractivity contribution < 1.29 is 50.7 Å². The first-order valence-corrected chi connectivity index (χ1v) is 56.9. The van der Waals surface area contributed by atoms with Crippen molar-refractivity contribution in [3.63, 3.8) is 0 Å². The number of aliphatic hydroxyl groups excluding tert-OH is 3. The number of Topliss-reactive ketones (excluding diaryl/α,β-unsaturated/α-hetero) is 2. The van der Waals surface area contributed by atoms with E-state index < -0.39 is 21.0 Å². The molecule has 0 amide bonds. The number of hydrogen-bond donors (Lipinski definition) is 3. The third-order valence-corrected chi connectivity index (χ3v) is 48.1. The van der Waals surface area contributed by atoms with Crippen LogP contribution in [0.5, 0.6) is 0 Å². The molecule has 0 radical (unpaired) electrons. The van der Waals surface area contributed by atoms with Crippen LogP contribution in [-0.2, 0) is 23.9 Å². The lowest BCUT2D eigenvalue weighted by Gasteiger charge is -2.54. The van der Waals surface area contributed by atoms with Gasteiger partial charge in [0.15, 0.2) is 0 Å². The molecule has 11 nitrogen and oxygen atoms in total. The molecule has 0 aromatic carbocycles. The number of rotatable bonds is 2. The van der Waals surface area contributed by atoms with E-state index in [1.807, 2.05) is 6.92 Å². The van der Waals surface area contributed by atoms with Crippen LogP contribution in [-0.4, -0.2) is 59.1 Å². The summed E-state index contributed by atoms with van der Waals surface area (Å²) < 4.78 is 66.1. The lowest BCUT2D eigenvalue weighted by molar-refractivity contribution is -0.132. The summed E-state index contributed by atoms with van der Waals surface area (Å²) >= 11 is 0. The highest BCUT2D eigenvalue weighted by molar-refractivity contribution is 7.87. The van der Waals surface area contributed by atoms with Crippen LogP contribution in [0.25, 0.3) is 0 Å². The molecule has 0 heterocycles. The zero-order chi connectivity index (χ0) is 91.3. The van der Waals surface area contributed by atoms with Crippen molar-refractivity contribution in [2.75, 3.05) is 0 Å². The first kappa shape index (κ1) is 95.4. The quantitative estimate of drug-likeness (QED) is 0.175. The number of aliphatic hydroxyl groups is 3. The smallest absolute Gasteiger partial charge is 0.393 e. The van der Waals surface area contributed by atoms with Gasteiger partial charge in [-0.25, -0.2) is 0 Å². The monoisotopic (exact) mass is 1810 g/mol. The molecule has 0 unspecified atom stereocenters. The number of alkyl halides is 3. The third-order valence-electron chi connectivity index (χ3n) is 47.1. The first-order chi connectivity index (χ1) is 62.0. The Morgan fingerprint density at radius 3 is 0.977 bits per heavy atom. The highest BCUT2D eigenvalue weighted by Crippen LogP contribution is 2.70. The van der Waals surface area contributed by atoms with E-state index in [4.69, 9.17) is 0 Å². The number of ketones is 2. The number of hydrogen-bond acceptors (Lipinski definition) is 11. The van der Waals surface area contributed by atoms with Gasteiger partial charge in [-0.1, -0.05) is 93.7 Å². The van der Waals surface area contributed by atoms with Crippen LogP contribution >= 0.6 is 0 Å². The van der Waals surface area contributed by atoms with Crippen LogP contribution in [0.1, 0.15) is 390 Å². The zero-order valence-corrected chi connectivity index (χ0v) is 82.7. The van der Waals surface area contributed by atoms with Crippen molar-refractivity contribution in [1.29, 1.82) is 15.8 Å². The number of nitrogens with zero attached hydrogens (tertiary/aromatic N) is 3. The Balaban J connectivity index is 0.000000101. The van der Waals surface area contributed by atoms with Crippen molar-refractivity contribution in [1.82, 2.24) is 0 Å². The van der Waals surface area contributed by atoms with E-state index >= 15 is 0 Å². The predicted molar refractivity (Wildman–Crippen MR) is 505 cm³/mol. The molecule has 0 aromatic heterocycles. The molecule has 21 saturated carbocycles. The summed E-state index contributed by atoms with van der Waals surface area (Å²) in [6.07, 6.45) is 69.2. The fourth-order valence-corrected chi connectivity index (χ4v) is 40.4. The maximum Gasteiger partial charge on any atom is 0.534 e. The van der Waals surface area contributed by atoms with E-state index in [-0.39, 0.29) is 51.6 Å². The van der Waals surface area contributed by atoms with E-state index in [1.165, 1.54) is 225 Å². The standard InChI is InChI=1S/C20H29F3O3S.C20H29N.C19H29NO.C19H27NO.C19H30O.C18H28O2/c1-12-3-4-13-11-16-14(10-15(13)9-12)7-8-19(2)17(16)5-6-18(19)26-27(24,25)20(21,22)23;1-13-3-4-14-11-18-15(10-16(14)9-13)7-8-20(2)17(12-21)5-6-19(18)20;2*1-19-7-6-13-8-14-9-16(21)4-2-12(14)10-17(13)18(19)5-3-15(19)11-20;1-12-3-4-13-11-16-14(10-15(13)9-12)7-8-19(2)17(16)5-6-18(19)20;1-18-7-6-12-8-13-9-14(19)3-2-11(13)10-15(12)16(18)4-5-17(18)20/h6,12-17H,3-5,7-11H2,1-2H3;5,13-16,18-19H,3-4,6-11H2,1-2H3;12-18,21H,2-10H2,1H3;3,12-14,16-18,21H,2,4-10H2,1H3;12-17H,3-11H2,1-2H3;11-16,19H,2-10H2,1H3/t12-,13-,14+,15-,16+,17-,19-;13-,14-,15+,16-,18+,19-,20+;12-,13+,14+,15+,16-,17+,18-,19+;12-,13+,14+,16-,17+,18-,19+;12-,13-,14+,15-,16+,17-,19-;11-,12+,13+,14-,15+,16-,18-/m000000/s1. The Kier molecular flexibility index (Phi) is 27.3. The van der Waals surface area contributed by atoms with E-state index in [2.05, 4.69) is 89.9 Å². The normalized spacial score (nSPS) is 52.1. The number of carbonyl (C=O) groups is 2. The van der Waals surface area contributed by atoms with Gasteiger partial charge in [0.2, 0.25) is 0 Å². The molecule has 130 heavy (non-hydrogen) atoms. The maximum atomic E-state index is 12.8. The summed E-state index contributed by atoms with van der Waals surface area (Å²) in [5, 5.41) is 58.3. The van der Waals surface area contributed by atoms with Gasteiger partial charge in [-0.05, 0) is 502 Å². The lowest BCUT2D eigenvalue weighted by atomic mass is 9.51. The van der Waals surface area contributed by atoms with Gasteiger partial charge in [0.25, 0.3) is 0 Å². The van der Waals surface area contributed by atoms with Crippen molar-refractivity contribution in [2.24, 2.45) is 234 Å². The second-order valence-electron chi connectivity index (χ2n) is 53.0. The minimum absolute atomic E-state index is 0.0221. The topological polar surface area (TPSA) is 210 Å². The van der Waals surface area contributed by atoms with E-state index in [1.54, 1.807) is 6.08 Å². The van der Waals surface area contributed by atoms with Crippen molar-refractivity contribution >= 4 is 21.7 Å². The number of allylic oxidation sites excluding steroid dienone is 6. The summed E-state index contributed by atoms with van der Waals surface area (Å²) in [6.45, 7) is 20.9. The molecule has 722 valence electrons. The van der Waals surface area contributed by atoms with Crippen LogP contribution in [0.2, 0.25) is 0 Å². The van der Waals surface area contributed by atoms with Gasteiger partial charge >= 0.3 is 15.6 Å². The van der Waals surface area contributed by atoms with Crippen LogP contribution in [0.3, 0.4) is 0 Å². The average Bonchev–Trinajstić information content (AvgIpc) is 1.62. The molecular weight excluding hydrogens is 1640 g/mol. The van der Waals surface area contributed by atoms with Crippen molar-refractivity contribution in [3.05, 3.63) is 35.1 Å². The highest BCUT2D eigenvalue weighted by Gasteiger charge is 2.64. The minimum Gasteiger partial charge on any atom is -0.393 e. The summed E-state index contributed by atoms with van der Waals surface area (Å²) in [5.41, 5.74) is -2.95. The first-order valence-electron chi connectivity index (χ1n) is 55.4. The van der Waals surface area contributed by atoms with Gasteiger partial charge < -0.3 is 19.5 Å². The molecule has 43 atom stereocenters. The molecule has 21 fully saturated rings. The summed E-state index contributed by atoms with van der Waals surface area (Å²) in [4.78, 5) is 24.6. The van der Waals surface area contributed by atoms with Gasteiger partial charge in [0.05, 0.1) is 42.4 Å². The zero-order valence-electron chi connectivity index (χ0n) is 81.9. The molecule has 0 aromatic rings. The molecule has 0 bridgehead atoms. The Morgan fingerprint density at radius 1 is 0.331 bits per heavy atom. The van der Waals surface area contributed by atoms with E-state index in [0.29, 0.717) is 53.5 Å². The number of nitriles is 3. The molecular formula is C115H172F3N3O8S. The number of carbonyl (C=O) groups excluding carboxylic acids is 2. The Labute approximate surface area is 783 Å². The molecule has 0 spiro atoms. The van der Waals surface area contributed by atoms with Gasteiger partial charge in [-0.15, -0.1) is 0 Å². The van der Waals surface area contributed by atoms with Crippen molar-refractivity contribution in [3.8, 4) is 18.2 Å². The highest BCUT2D eigenvalue weighted by atomic mass is 32.2. The Bertz CT molecular complexity index is 4220.